The number of benzene rings is 2. The molecule has 164 valence electrons. The van der Waals surface area contributed by atoms with E-state index >= 15 is 0 Å². The van der Waals surface area contributed by atoms with Gasteiger partial charge in [0.1, 0.15) is 11.4 Å². The molecule has 0 unspecified atom stereocenters. The summed E-state index contributed by atoms with van der Waals surface area (Å²) in [5.41, 5.74) is 0.548. The van der Waals surface area contributed by atoms with Gasteiger partial charge in [0.25, 0.3) is 0 Å². The van der Waals surface area contributed by atoms with E-state index in [-0.39, 0.29) is 27.2 Å². The van der Waals surface area contributed by atoms with E-state index in [1.54, 1.807) is 18.2 Å². The maximum Gasteiger partial charge on any atom is 0.321 e. The number of rotatable bonds is 9. The number of halogens is 2. The monoisotopic (exact) mass is 477 g/mol. The topological polar surface area (TPSA) is 91.4 Å². The van der Waals surface area contributed by atoms with Crippen LogP contribution in [0.3, 0.4) is 0 Å². The van der Waals surface area contributed by atoms with Crippen molar-refractivity contribution in [3.8, 4) is 17.2 Å². The van der Waals surface area contributed by atoms with E-state index in [0.29, 0.717) is 17.1 Å². The minimum absolute atomic E-state index is 0.0210. The van der Waals surface area contributed by atoms with Crippen LogP contribution in [0.4, 0.5) is 0 Å². The molecule has 0 aliphatic carbocycles. The Labute approximate surface area is 185 Å². The summed E-state index contributed by atoms with van der Waals surface area (Å²) in [5, 5.41) is 0.121. The van der Waals surface area contributed by atoms with Crippen LogP contribution in [0.15, 0.2) is 35.2 Å². The number of esters is 1. The Morgan fingerprint density at radius 3 is 2.20 bits per heavy atom. The average Bonchev–Trinajstić information content (AvgIpc) is 2.72. The zero-order valence-electron chi connectivity index (χ0n) is 16.8. The quantitative estimate of drug-likeness (QED) is 0.511. The first-order valence-corrected chi connectivity index (χ1v) is 10.7. The van der Waals surface area contributed by atoms with Gasteiger partial charge < -0.3 is 18.9 Å². The minimum atomic E-state index is -4.26. The summed E-state index contributed by atoms with van der Waals surface area (Å²) in [6, 6.07) is 7.47. The molecule has 2 aromatic carbocycles. The SMILES string of the molecule is COC(=O)CN(Cc1ccc(OC)c(OC)c1)S(=O)(=O)c1cc(Cl)cc(Cl)c1OC. The first-order valence-electron chi connectivity index (χ1n) is 8.48. The lowest BCUT2D eigenvalue weighted by Crippen LogP contribution is -2.36. The molecule has 0 heterocycles. The van der Waals surface area contributed by atoms with Crippen molar-refractivity contribution in [3.05, 3.63) is 45.9 Å². The molecule has 0 bridgehead atoms. The normalized spacial score (nSPS) is 11.3. The fourth-order valence-electron chi connectivity index (χ4n) is 2.68. The number of hydrogen-bond donors (Lipinski definition) is 0. The Morgan fingerprint density at radius 1 is 0.967 bits per heavy atom. The smallest absolute Gasteiger partial charge is 0.321 e. The van der Waals surface area contributed by atoms with Gasteiger partial charge in [-0.2, -0.15) is 4.31 Å². The van der Waals surface area contributed by atoms with Crippen LogP contribution in [0, 0.1) is 0 Å². The van der Waals surface area contributed by atoms with E-state index in [1.165, 1.54) is 40.6 Å². The molecule has 11 heteroatoms. The molecule has 2 aromatic rings. The van der Waals surface area contributed by atoms with Crippen molar-refractivity contribution in [3.63, 3.8) is 0 Å². The van der Waals surface area contributed by atoms with Gasteiger partial charge in [-0.25, -0.2) is 8.42 Å². The standard InChI is InChI=1S/C19H21Cl2NO7S/c1-26-15-6-5-12(7-16(15)27-2)10-22(11-18(23)28-3)30(24,25)17-9-13(20)8-14(21)19(17)29-4/h5-9H,10-11H2,1-4H3. The Balaban J connectivity index is 2.55. The maximum absolute atomic E-state index is 13.4. The van der Waals surface area contributed by atoms with E-state index < -0.39 is 22.5 Å². The fraction of sp³-hybridized carbons (Fsp3) is 0.316. The molecule has 0 aromatic heterocycles. The number of carbonyl (C=O) groups is 1. The van der Waals surface area contributed by atoms with Gasteiger partial charge >= 0.3 is 5.97 Å². The summed E-state index contributed by atoms with van der Waals surface area (Å²) >= 11 is 12.1. The molecule has 0 aliphatic heterocycles. The number of hydrogen-bond acceptors (Lipinski definition) is 7. The third-order valence-electron chi connectivity index (χ3n) is 4.14. The molecule has 2 rings (SSSR count). The van der Waals surface area contributed by atoms with E-state index in [2.05, 4.69) is 4.74 Å². The van der Waals surface area contributed by atoms with Gasteiger partial charge in [-0.3, -0.25) is 4.79 Å². The number of carbonyl (C=O) groups excluding carboxylic acids is 1. The Hall–Kier alpha value is -2.20. The Morgan fingerprint density at radius 2 is 1.63 bits per heavy atom. The number of nitrogens with zero attached hydrogens (tertiary/aromatic N) is 1. The van der Waals surface area contributed by atoms with E-state index in [9.17, 15) is 13.2 Å². The predicted molar refractivity (Wildman–Crippen MR) is 112 cm³/mol. The Bertz CT molecular complexity index is 1030. The van der Waals surface area contributed by atoms with Crippen LogP contribution in [0.1, 0.15) is 5.56 Å². The number of ether oxygens (including phenoxy) is 4. The molecule has 0 N–H and O–H groups in total. The van der Waals surface area contributed by atoms with Crippen molar-refractivity contribution < 1.29 is 32.2 Å². The van der Waals surface area contributed by atoms with E-state index in [1.807, 2.05) is 0 Å². The minimum Gasteiger partial charge on any atom is -0.494 e. The van der Waals surface area contributed by atoms with Crippen molar-refractivity contribution in [2.75, 3.05) is 35.0 Å². The molecular weight excluding hydrogens is 457 g/mol. The molecule has 0 saturated heterocycles. The number of sulfonamides is 1. The van der Waals surface area contributed by atoms with Gasteiger partial charge in [-0.05, 0) is 29.8 Å². The van der Waals surface area contributed by atoms with Gasteiger partial charge in [0.15, 0.2) is 17.2 Å². The van der Waals surface area contributed by atoms with Gasteiger partial charge in [0.2, 0.25) is 10.0 Å². The van der Waals surface area contributed by atoms with Crippen molar-refractivity contribution in [1.82, 2.24) is 4.31 Å². The van der Waals surface area contributed by atoms with Crippen molar-refractivity contribution in [2.45, 2.75) is 11.4 Å². The van der Waals surface area contributed by atoms with Gasteiger partial charge in [0.05, 0.1) is 33.5 Å². The lowest BCUT2D eigenvalue weighted by atomic mass is 10.2. The average molecular weight is 478 g/mol. The lowest BCUT2D eigenvalue weighted by Gasteiger charge is -2.23. The highest BCUT2D eigenvalue weighted by molar-refractivity contribution is 7.89. The van der Waals surface area contributed by atoms with Crippen LogP contribution in [0.25, 0.3) is 0 Å². The van der Waals surface area contributed by atoms with Crippen LogP contribution < -0.4 is 14.2 Å². The zero-order chi connectivity index (χ0) is 22.5. The molecule has 0 saturated carbocycles. The highest BCUT2D eigenvalue weighted by Crippen LogP contribution is 2.37. The molecule has 0 spiro atoms. The summed E-state index contributed by atoms with van der Waals surface area (Å²) in [4.78, 5) is 11.7. The fourth-order valence-corrected chi connectivity index (χ4v) is 4.95. The molecular formula is C19H21Cl2NO7S. The molecule has 0 aliphatic rings. The van der Waals surface area contributed by atoms with Gasteiger partial charge in [0, 0.05) is 11.6 Å². The molecule has 0 fully saturated rings. The summed E-state index contributed by atoms with van der Waals surface area (Å²) in [7, 11) is 1.14. The van der Waals surface area contributed by atoms with Gasteiger partial charge in [-0.15, -0.1) is 0 Å². The third-order valence-corrected chi connectivity index (χ3v) is 6.43. The Kier molecular flexibility index (Phi) is 8.19. The predicted octanol–water partition coefficient (Wildman–Crippen LogP) is 3.38. The summed E-state index contributed by atoms with van der Waals surface area (Å²) in [5.74, 6) is 0.0649. The molecule has 0 amide bonds. The lowest BCUT2D eigenvalue weighted by molar-refractivity contribution is -0.140. The largest absolute Gasteiger partial charge is 0.494 e. The van der Waals surface area contributed by atoms with Crippen LogP contribution >= 0.6 is 23.2 Å². The first kappa shape index (κ1) is 24.1. The van der Waals surface area contributed by atoms with Gasteiger partial charge in [-0.1, -0.05) is 29.3 Å². The first-order chi connectivity index (χ1) is 14.2. The van der Waals surface area contributed by atoms with Crippen molar-refractivity contribution >= 4 is 39.2 Å². The van der Waals surface area contributed by atoms with Crippen molar-refractivity contribution in [1.29, 1.82) is 0 Å². The molecule has 0 atom stereocenters. The second kappa shape index (κ2) is 10.2. The number of methoxy groups -OCH3 is 4. The van der Waals surface area contributed by atoms with Crippen molar-refractivity contribution in [2.24, 2.45) is 0 Å². The highest BCUT2D eigenvalue weighted by Gasteiger charge is 2.32. The molecule has 0 radical (unpaired) electrons. The third kappa shape index (κ3) is 5.28. The zero-order valence-corrected chi connectivity index (χ0v) is 19.1. The summed E-state index contributed by atoms with van der Waals surface area (Å²) in [6.45, 7) is -0.703. The molecule has 30 heavy (non-hydrogen) atoms. The van der Waals surface area contributed by atoms with E-state index in [4.69, 9.17) is 37.4 Å². The maximum atomic E-state index is 13.4. The van der Waals surface area contributed by atoms with Crippen LogP contribution in [0.5, 0.6) is 17.2 Å². The summed E-state index contributed by atoms with van der Waals surface area (Å²) < 4.78 is 48.0. The highest BCUT2D eigenvalue weighted by atomic mass is 35.5. The van der Waals surface area contributed by atoms with E-state index in [0.717, 1.165) is 4.31 Å². The second-order valence-electron chi connectivity index (χ2n) is 5.96. The van der Waals surface area contributed by atoms with Crippen LogP contribution in [0.2, 0.25) is 10.0 Å². The van der Waals surface area contributed by atoms with Crippen LogP contribution in [-0.2, 0) is 26.1 Å². The second-order valence-corrected chi connectivity index (χ2v) is 8.71. The van der Waals surface area contributed by atoms with Crippen LogP contribution in [-0.4, -0.2) is 53.7 Å². The summed E-state index contributed by atoms with van der Waals surface area (Å²) in [6.07, 6.45) is 0. The molecule has 8 nitrogen and oxygen atoms in total.